The minimum atomic E-state index is -1.05. The van der Waals surface area contributed by atoms with E-state index in [1.165, 1.54) is 0 Å². The first-order valence-corrected chi connectivity index (χ1v) is 13.0. The van der Waals surface area contributed by atoms with E-state index in [2.05, 4.69) is 15.6 Å². The van der Waals surface area contributed by atoms with Crippen LogP contribution in [0.5, 0.6) is 0 Å². The number of hydrogen-bond acceptors (Lipinski definition) is 6. The lowest BCUT2D eigenvalue weighted by Crippen LogP contribution is -2.53. The van der Waals surface area contributed by atoms with E-state index in [1.807, 2.05) is 66.7 Å². The number of likely N-dealkylation sites (tertiary alicyclic amines) is 1. The van der Waals surface area contributed by atoms with E-state index in [9.17, 15) is 19.5 Å². The lowest BCUT2D eigenvalue weighted by molar-refractivity contribution is -0.141. The van der Waals surface area contributed by atoms with Crippen LogP contribution >= 0.6 is 0 Å². The van der Waals surface area contributed by atoms with Crippen molar-refractivity contribution in [2.24, 2.45) is 0 Å². The molecule has 1 fully saturated rings. The van der Waals surface area contributed by atoms with Gasteiger partial charge in [0.2, 0.25) is 11.8 Å². The molecule has 3 aromatic carbocycles. The van der Waals surface area contributed by atoms with E-state index in [0.29, 0.717) is 38.2 Å². The van der Waals surface area contributed by atoms with Crippen molar-refractivity contribution in [2.45, 2.75) is 37.9 Å². The van der Waals surface area contributed by atoms with Crippen molar-refractivity contribution in [2.75, 3.05) is 18.8 Å². The number of nitrogens with two attached hydrogens (primary N) is 1. The Balaban J connectivity index is 1.30. The minimum Gasteiger partial charge on any atom is -0.480 e. The van der Waals surface area contributed by atoms with Crippen molar-refractivity contribution in [1.29, 1.82) is 0 Å². The summed E-state index contributed by atoms with van der Waals surface area (Å²) in [6.45, 7) is 0.403. The van der Waals surface area contributed by atoms with Gasteiger partial charge in [-0.1, -0.05) is 54.6 Å². The highest BCUT2D eigenvalue weighted by Crippen LogP contribution is 2.24. The Bertz CT molecular complexity index is 1530. The lowest BCUT2D eigenvalue weighted by atomic mass is 9.98. The van der Waals surface area contributed by atoms with Crippen molar-refractivity contribution in [3.63, 3.8) is 0 Å². The number of nitrogens with zero attached hydrogens (tertiary/aromatic N) is 2. The highest BCUT2D eigenvalue weighted by atomic mass is 16.4. The van der Waals surface area contributed by atoms with E-state index >= 15 is 0 Å². The third kappa shape index (κ3) is 5.83. The van der Waals surface area contributed by atoms with Gasteiger partial charge in [-0.05, 0) is 58.7 Å². The van der Waals surface area contributed by atoms with Gasteiger partial charge in [-0.25, -0.2) is 4.98 Å². The summed E-state index contributed by atoms with van der Waals surface area (Å²) in [4.78, 5) is 44.0. The van der Waals surface area contributed by atoms with Gasteiger partial charge in [0.25, 0.3) is 0 Å². The Hall–Kier alpha value is -4.50. The maximum Gasteiger partial charge on any atom is 0.317 e. The van der Waals surface area contributed by atoms with Crippen LogP contribution in [-0.2, 0) is 27.3 Å². The quantitative estimate of drug-likeness (QED) is 0.264. The van der Waals surface area contributed by atoms with Crippen LogP contribution in [0.25, 0.3) is 21.5 Å². The van der Waals surface area contributed by atoms with Crippen molar-refractivity contribution in [3.05, 3.63) is 84.1 Å². The van der Waals surface area contributed by atoms with E-state index in [4.69, 9.17) is 5.73 Å². The molecule has 0 unspecified atom stereocenters. The summed E-state index contributed by atoms with van der Waals surface area (Å²) in [5.41, 5.74) is 7.79. The summed E-state index contributed by atoms with van der Waals surface area (Å²) in [5, 5.41) is 19.0. The highest BCUT2D eigenvalue weighted by molar-refractivity contribution is 5.93. The number of nitrogen functional groups attached to an aromatic ring is 1. The molecule has 0 spiro atoms. The van der Waals surface area contributed by atoms with Crippen LogP contribution in [-0.4, -0.2) is 57.9 Å². The van der Waals surface area contributed by atoms with Gasteiger partial charge in [-0.15, -0.1) is 0 Å². The van der Waals surface area contributed by atoms with Gasteiger partial charge >= 0.3 is 5.97 Å². The number of rotatable bonds is 9. The van der Waals surface area contributed by atoms with Gasteiger partial charge in [-0.3, -0.25) is 19.7 Å². The van der Waals surface area contributed by atoms with Gasteiger partial charge in [0.1, 0.15) is 11.9 Å². The zero-order valence-electron chi connectivity index (χ0n) is 21.5. The minimum absolute atomic E-state index is 0.225. The van der Waals surface area contributed by atoms with E-state index < -0.39 is 18.1 Å². The first kappa shape index (κ1) is 26.1. The summed E-state index contributed by atoms with van der Waals surface area (Å²) < 4.78 is 0. The zero-order chi connectivity index (χ0) is 27.4. The van der Waals surface area contributed by atoms with Crippen LogP contribution in [0, 0.1) is 0 Å². The Morgan fingerprint density at radius 3 is 2.69 bits per heavy atom. The first-order valence-electron chi connectivity index (χ1n) is 13.0. The lowest BCUT2D eigenvalue weighted by Gasteiger charge is -2.29. The number of carboxylic acids is 1. The monoisotopic (exact) mass is 525 g/mol. The normalized spacial score (nSPS) is 15.9. The fourth-order valence-electron chi connectivity index (χ4n) is 5.32. The first-order chi connectivity index (χ1) is 18.9. The molecule has 1 aliphatic rings. The topological polar surface area (TPSA) is 138 Å². The van der Waals surface area contributed by atoms with Crippen LogP contribution < -0.4 is 16.4 Å². The number of carboxylic acid groups (broad SMARTS) is 1. The molecule has 2 atom stereocenters. The molecular formula is C30H31N5O4. The summed E-state index contributed by atoms with van der Waals surface area (Å²) in [5.74, 6) is -1.08. The third-order valence-electron chi connectivity index (χ3n) is 7.27. The van der Waals surface area contributed by atoms with Crippen LogP contribution in [0.3, 0.4) is 0 Å². The van der Waals surface area contributed by atoms with Crippen LogP contribution in [0.2, 0.25) is 0 Å². The number of fused-ring (bicyclic) bond motifs is 2. The predicted molar refractivity (Wildman–Crippen MR) is 150 cm³/mol. The summed E-state index contributed by atoms with van der Waals surface area (Å²) in [6.07, 6.45) is 3.21. The number of carbonyl (C=O) groups excluding carboxylic acids is 2. The summed E-state index contributed by atoms with van der Waals surface area (Å²) in [7, 11) is 0. The molecule has 5 N–H and O–H groups in total. The van der Waals surface area contributed by atoms with Crippen molar-refractivity contribution in [1.82, 2.24) is 20.5 Å². The van der Waals surface area contributed by atoms with Crippen molar-refractivity contribution < 1.29 is 19.5 Å². The molecule has 4 aromatic rings. The van der Waals surface area contributed by atoms with Crippen LogP contribution in [0.15, 0.2) is 72.9 Å². The Kier molecular flexibility index (Phi) is 7.69. The molecule has 200 valence electrons. The second-order valence-electron chi connectivity index (χ2n) is 9.83. The van der Waals surface area contributed by atoms with Crippen LogP contribution in [0.4, 0.5) is 5.82 Å². The fourth-order valence-corrected chi connectivity index (χ4v) is 5.32. The highest BCUT2D eigenvalue weighted by Gasteiger charge is 2.37. The molecule has 9 nitrogen and oxygen atoms in total. The molecule has 0 aliphatic carbocycles. The molecule has 0 radical (unpaired) electrons. The van der Waals surface area contributed by atoms with Crippen molar-refractivity contribution >= 4 is 45.1 Å². The average molecular weight is 526 g/mol. The molecular weight excluding hydrogens is 494 g/mol. The van der Waals surface area contributed by atoms with Gasteiger partial charge < -0.3 is 21.1 Å². The Labute approximate surface area is 226 Å². The van der Waals surface area contributed by atoms with E-state index in [1.54, 1.807) is 11.1 Å². The number of aliphatic carboxylic acids is 1. The standard InChI is InChI=1S/C30H31N5O4/c31-28-24-11-10-19(15-22(24)12-13-32-28)17-34-29(38)26-9-4-14-35(26)30(39)25(33-18-27(36)37)16-21-7-3-6-20-5-1-2-8-23(20)21/h1-3,5-8,10-13,15,25-26,33H,4,9,14,16-18H2,(H2,31,32)(H,34,38)(H,36,37)/t25-,26+/m1/s1. The number of nitrogens with one attached hydrogen (secondary N) is 2. The SMILES string of the molecule is Nc1nccc2cc(CNC(=O)[C@@H]3CCCN3C(=O)[C@@H](Cc3cccc4ccccc34)NCC(=O)O)ccc12. The van der Waals surface area contributed by atoms with Gasteiger partial charge in [0.15, 0.2) is 0 Å². The number of carbonyl (C=O) groups is 3. The average Bonchev–Trinajstić information content (AvgIpc) is 3.44. The number of amides is 2. The maximum absolute atomic E-state index is 13.7. The fraction of sp³-hybridized carbons (Fsp3) is 0.267. The number of hydrogen-bond donors (Lipinski definition) is 4. The number of pyridine rings is 1. The van der Waals surface area contributed by atoms with Gasteiger partial charge in [0, 0.05) is 24.7 Å². The second kappa shape index (κ2) is 11.5. The molecule has 1 saturated heterocycles. The summed E-state index contributed by atoms with van der Waals surface area (Å²) in [6, 6.07) is 20.0. The molecule has 9 heteroatoms. The molecule has 39 heavy (non-hydrogen) atoms. The molecule has 2 heterocycles. The van der Waals surface area contributed by atoms with Gasteiger partial charge in [-0.2, -0.15) is 0 Å². The smallest absolute Gasteiger partial charge is 0.317 e. The number of aromatic nitrogens is 1. The molecule has 2 amide bonds. The van der Waals surface area contributed by atoms with E-state index in [-0.39, 0.29) is 18.4 Å². The Morgan fingerprint density at radius 1 is 1.03 bits per heavy atom. The summed E-state index contributed by atoms with van der Waals surface area (Å²) >= 11 is 0. The molecule has 0 bridgehead atoms. The predicted octanol–water partition coefficient (Wildman–Crippen LogP) is 2.86. The maximum atomic E-state index is 13.7. The van der Waals surface area contributed by atoms with Crippen LogP contribution in [0.1, 0.15) is 24.0 Å². The van der Waals surface area contributed by atoms with E-state index in [0.717, 1.165) is 32.7 Å². The Morgan fingerprint density at radius 2 is 1.85 bits per heavy atom. The number of benzene rings is 3. The molecule has 1 aromatic heterocycles. The largest absolute Gasteiger partial charge is 0.480 e. The van der Waals surface area contributed by atoms with Crippen molar-refractivity contribution in [3.8, 4) is 0 Å². The molecule has 1 aliphatic heterocycles. The second-order valence-corrected chi connectivity index (χ2v) is 9.83. The molecule has 5 rings (SSSR count). The molecule has 0 saturated carbocycles. The van der Waals surface area contributed by atoms with Gasteiger partial charge in [0.05, 0.1) is 12.6 Å². The zero-order valence-corrected chi connectivity index (χ0v) is 21.5. The third-order valence-corrected chi connectivity index (χ3v) is 7.27. The number of anilines is 1.